The normalized spacial score (nSPS) is 28.1. The third kappa shape index (κ3) is 2.34. The predicted molar refractivity (Wildman–Crippen MR) is 62.5 cm³/mol. The van der Waals surface area contributed by atoms with Gasteiger partial charge in [-0.15, -0.1) is 0 Å². The van der Waals surface area contributed by atoms with Gasteiger partial charge in [-0.3, -0.25) is 0 Å². The minimum absolute atomic E-state index is 0.0360. The highest BCUT2D eigenvalue weighted by atomic mass is 19.2. The van der Waals surface area contributed by atoms with Crippen LogP contribution < -0.4 is 0 Å². The van der Waals surface area contributed by atoms with Gasteiger partial charge in [0.25, 0.3) is 0 Å². The van der Waals surface area contributed by atoms with E-state index in [9.17, 15) is 13.9 Å². The first-order valence-corrected chi connectivity index (χ1v) is 6.01. The predicted octanol–water partition coefficient (Wildman–Crippen LogP) is 3.75. The first kappa shape index (κ1) is 12.5. The fourth-order valence-corrected chi connectivity index (χ4v) is 2.92. The third-order valence-electron chi connectivity index (χ3n) is 3.67. The Morgan fingerprint density at radius 2 is 1.88 bits per heavy atom. The Bertz CT molecular complexity index is 428. The highest BCUT2D eigenvalue weighted by molar-refractivity contribution is 5.26. The zero-order valence-corrected chi connectivity index (χ0v) is 10.3. The summed E-state index contributed by atoms with van der Waals surface area (Å²) in [5.74, 6) is -1.80. The van der Waals surface area contributed by atoms with Gasteiger partial charge in [0.2, 0.25) is 0 Å². The number of aliphatic hydroxyl groups is 1. The van der Waals surface area contributed by atoms with E-state index in [4.69, 9.17) is 0 Å². The van der Waals surface area contributed by atoms with Crippen molar-refractivity contribution < 1.29 is 13.9 Å². The molecule has 94 valence electrons. The first-order chi connectivity index (χ1) is 7.84. The minimum atomic E-state index is -1.23. The molecule has 0 aliphatic heterocycles. The van der Waals surface area contributed by atoms with Crippen molar-refractivity contribution in [2.24, 2.45) is 5.41 Å². The lowest BCUT2D eigenvalue weighted by atomic mass is 9.67. The summed E-state index contributed by atoms with van der Waals surface area (Å²) >= 11 is 0. The Labute approximate surface area is 100 Å². The number of rotatable bonds is 1. The molecule has 3 heteroatoms. The summed E-state index contributed by atoms with van der Waals surface area (Å²) in [7, 11) is 0. The number of benzene rings is 1. The molecule has 1 aliphatic carbocycles. The fourth-order valence-electron chi connectivity index (χ4n) is 2.92. The van der Waals surface area contributed by atoms with E-state index in [1.54, 1.807) is 0 Å². The van der Waals surface area contributed by atoms with Crippen LogP contribution in [-0.4, -0.2) is 5.11 Å². The average Bonchev–Trinajstić information content (AvgIpc) is 2.20. The van der Waals surface area contributed by atoms with Crippen LogP contribution in [0.1, 0.15) is 45.1 Å². The molecule has 1 unspecified atom stereocenters. The van der Waals surface area contributed by atoms with Crippen molar-refractivity contribution in [3.63, 3.8) is 0 Å². The SMILES string of the molecule is CC1(C)CCCC(O)(c2cccc(F)c2F)C1. The largest absolute Gasteiger partial charge is 0.385 e. The van der Waals surface area contributed by atoms with Crippen molar-refractivity contribution in [2.45, 2.75) is 45.1 Å². The Morgan fingerprint density at radius 3 is 2.53 bits per heavy atom. The molecule has 2 rings (SSSR count). The maximum Gasteiger partial charge on any atom is 0.164 e. The van der Waals surface area contributed by atoms with Crippen LogP contribution in [0.25, 0.3) is 0 Å². The molecular formula is C14H18F2O. The standard InChI is InChI=1S/C14H18F2O/c1-13(2)7-4-8-14(17,9-13)10-5-3-6-11(15)12(10)16/h3,5-6,17H,4,7-9H2,1-2H3. The topological polar surface area (TPSA) is 20.2 Å². The van der Waals surface area contributed by atoms with E-state index in [-0.39, 0.29) is 11.0 Å². The second-order valence-electron chi connectivity index (χ2n) is 5.83. The summed E-state index contributed by atoms with van der Waals surface area (Å²) in [4.78, 5) is 0. The molecule has 0 heterocycles. The summed E-state index contributed by atoms with van der Waals surface area (Å²) in [6.07, 6.45) is 2.81. The summed E-state index contributed by atoms with van der Waals surface area (Å²) in [5, 5.41) is 10.6. The Morgan fingerprint density at radius 1 is 1.18 bits per heavy atom. The molecule has 0 amide bonds. The van der Waals surface area contributed by atoms with E-state index in [2.05, 4.69) is 0 Å². The van der Waals surface area contributed by atoms with E-state index < -0.39 is 17.2 Å². The first-order valence-electron chi connectivity index (χ1n) is 6.01. The molecule has 1 N–H and O–H groups in total. The summed E-state index contributed by atoms with van der Waals surface area (Å²) < 4.78 is 27.0. The quantitative estimate of drug-likeness (QED) is 0.792. The molecule has 1 atom stereocenters. The molecule has 0 saturated heterocycles. The molecule has 1 aliphatic rings. The van der Waals surface area contributed by atoms with Crippen LogP contribution in [0, 0.1) is 17.0 Å². The van der Waals surface area contributed by atoms with Gasteiger partial charge in [-0.2, -0.15) is 0 Å². The van der Waals surface area contributed by atoms with E-state index in [0.717, 1.165) is 18.9 Å². The molecule has 0 radical (unpaired) electrons. The molecule has 1 aromatic rings. The highest BCUT2D eigenvalue weighted by Crippen LogP contribution is 2.46. The van der Waals surface area contributed by atoms with Crippen LogP contribution >= 0.6 is 0 Å². The second kappa shape index (κ2) is 4.05. The number of hydrogen-bond donors (Lipinski definition) is 1. The molecule has 0 bridgehead atoms. The molecular weight excluding hydrogens is 222 g/mol. The zero-order chi connectivity index (χ0) is 12.7. The van der Waals surface area contributed by atoms with Crippen molar-refractivity contribution in [3.8, 4) is 0 Å². The monoisotopic (exact) mass is 240 g/mol. The summed E-state index contributed by atoms with van der Waals surface area (Å²) in [5.41, 5.74) is -1.16. The van der Waals surface area contributed by atoms with Crippen LogP contribution in [-0.2, 0) is 5.60 Å². The second-order valence-corrected chi connectivity index (χ2v) is 5.83. The van der Waals surface area contributed by atoms with Gasteiger partial charge in [0, 0.05) is 5.56 Å². The van der Waals surface area contributed by atoms with Crippen LogP contribution in [0.15, 0.2) is 18.2 Å². The average molecular weight is 240 g/mol. The van der Waals surface area contributed by atoms with E-state index >= 15 is 0 Å². The van der Waals surface area contributed by atoms with Gasteiger partial charge < -0.3 is 5.11 Å². The number of hydrogen-bond acceptors (Lipinski definition) is 1. The van der Waals surface area contributed by atoms with E-state index in [0.29, 0.717) is 12.8 Å². The van der Waals surface area contributed by atoms with Crippen molar-refractivity contribution in [1.29, 1.82) is 0 Å². The van der Waals surface area contributed by atoms with Crippen LogP contribution in [0.5, 0.6) is 0 Å². The van der Waals surface area contributed by atoms with E-state index in [1.807, 2.05) is 13.8 Å². The molecule has 1 fully saturated rings. The number of halogens is 2. The zero-order valence-electron chi connectivity index (χ0n) is 10.3. The van der Waals surface area contributed by atoms with Gasteiger partial charge in [0.15, 0.2) is 11.6 Å². The van der Waals surface area contributed by atoms with Gasteiger partial charge in [0.05, 0.1) is 5.60 Å². The van der Waals surface area contributed by atoms with Crippen LogP contribution in [0.4, 0.5) is 8.78 Å². The van der Waals surface area contributed by atoms with Crippen molar-refractivity contribution in [3.05, 3.63) is 35.4 Å². The Hall–Kier alpha value is -0.960. The third-order valence-corrected chi connectivity index (χ3v) is 3.67. The Balaban J connectivity index is 2.41. The maximum absolute atomic E-state index is 13.7. The molecule has 1 aromatic carbocycles. The lowest BCUT2D eigenvalue weighted by Gasteiger charge is -2.41. The van der Waals surface area contributed by atoms with Crippen LogP contribution in [0.2, 0.25) is 0 Å². The molecule has 0 aromatic heterocycles. The van der Waals surface area contributed by atoms with Crippen LogP contribution in [0.3, 0.4) is 0 Å². The minimum Gasteiger partial charge on any atom is -0.385 e. The molecule has 17 heavy (non-hydrogen) atoms. The molecule has 0 spiro atoms. The van der Waals surface area contributed by atoms with Gasteiger partial charge in [-0.05, 0) is 37.2 Å². The Kier molecular flexibility index (Phi) is 2.98. The lowest BCUT2D eigenvalue weighted by Crippen LogP contribution is -2.37. The molecule has 1 saturated carbocycles. The van der Waals surface area contributed by atoms with Crippen molar-refractivity contribution in [1.82, 2.24) is 0 Å². The van der Waals surface area contributed by atoms with Crippen molar-refractivity contribution in [2.75, 3.05) is 0 Å². The summed E-state index contributed by atoms with van der Waals surface area (Å²) in [6.45, 7) is 4.10. The van der Waals surface area contributed by atoms with Gasteiger partial charge >= 0.3 is 0 Å². The lowest BCUT2D eigenvalue weighted by molar-refractivity contribution is -0.0468. The van der Waals surface area contributed by atoms with Gasteiger partial charge in [0.1, 0.15) is 0 Å². The molecule has 1 nitrogen and oxygen atoms in total. The van der Waals surface area contributed by atoms with E-state index in [1.165, 1.54) is 12.1 Å². The summed E-state index contributed by atoms with van der Waals surface area (Å²) in [6, 6.07) is 4.02. The smallest absolute Gasteiger partial charge is 0.164 e. The van der Waals surface area contributed by atoms with Crippen molar-refractivity contribution >= 4 is 0 Å². The highest BCUT2D eigenvalue weighted by Gasteiger charge is 2.41. The fraction of sp³-hybridized carbons (Fsp3) is 0.571. The van der Waals surface area contributed by atoms with Gasteiger partial charge in [-0.1, -0.05) is 26.0 Å². The van der Waals surface area contributed by atoms with Gasteiger partial charge in [-0.25, -0.2) is 8.78 Å². The maximum atomic E-state index is 13.7.